The van der Waals surface area contributed by atoms with Gasteiger partial charge in [0, 0.05) is 47.0 Å². The number of amides is 3. The molecule has 1 aliphatic rings. The first-order valence-corrected chi connectivity index (χ1v) is 17.7. The fourth-order valence-electron chi connectivity index (χ4n) is 5.93. The van der Waals surface area contributed by atoms with Gasteiger partial charge in [-0.15, -0.1) is 0 Å². The molecule has 0 bridgehead atoms. The van der Waals surface area contributed by atoms with Gasteiger partial charge in [-0.05, 0) is 91.2 Å². The highest BCUT2D eigenvalue weighted by Gasteiger charge is 2.30. The zero-order valence-corrected chi connectivity index (χ0v) is 29.3. The minimum absolute atomic E-state index is 0.0669. The number of urea groups is 1. The summed E-state index contributed by atoms with van der Waals surface area (Å²) in [5.41, 5.74) is 5.07. The van der Waals surface area contributed by atoms with Crippen molar-refractivity contribution in [3.8, 4) is 11.5 Å². The highest BCUT2D eigenvalue weighted by atomic mass is 35.5. The largest absolute Gasteiger partial charge is 0.497 e. The molecule has 0 unspecified atom stereocenters. The molecule has 0 saturated carbocycles. The number of pyridine rings is 1. The number of halogens is 1. The van der Waals surface area contributed by atoms with Gasteiger partial charge in [-0.2, -0.15) is 0 Å². The molecule has 4 aromatic carbocycles. The van der Waals surface area contributed by atoms with E-state index in [1.54, 1.807) is 29.2 Å². The molecule has 50 heavy (non-hydrogen) atoms. The summed E-state index contributed by atoms with van der Waals surface area (Å²) >= 11 is 6.26. The Kier molecular flexibility index (Phi) is 10.1. The van der Waals surface area contributed by atoms with Gasteiger partial charge in [-0.1, -0.05) is 35.9 Å². The van der Waals surface area contributed by atoms with Crippen LogP contribution < -0.4 is 20.1 Å². The van der Waals surface area contributed by atoms with Crippen LogP contribution in [0.15, 0.2) is 95.9 Å². The minimum Gasteiger partial charge on any atom is -0.497 e. The molecule has 0 atom stereocenters. The molecule has 0 radical (unpaired) electrons. The molecule has 1 aliphatic heterocycles. The summed E-state index contributed by atoms with van der Waals surface area (Å²) in [7, 11) is -1.45. The van der Waals surface area contributed by atoms with E-state index in [1.807, 2.05) is 37.3 Å². The number of hydrogen-bond acceptors (Lipinski definition) is 8. The monoisotopic (exact) mass is 713 g/mol. The number of nitrogens with zero attached hydrogens (tertiary/aromatic N) is 3. The van der Waals surface area contributed by atoms with Gasteiger partial charge in [0.25, 0.3) is 15.9 Å². The highest BCUT2D eigenvalue weighted by Crippen LogP contribution is 2.30. The third-order valence-corrected chi connectivity index (χ3v) is 10.5. The summed E-state index contributed by atoms with van der Waals surface area (Å²) in [4.78, 5) is 33.6. The van der Waals surface area contributed by atoms with Crippen molar-refractivity contribution < 1.29 is 27.5 Å². The lowest BCUT2D eigenvalue weighted by atomic mass is 9.99. The van der Waals surface area contributed by atoms with E-state index in [2.05, 4.69) is 21.7 Å². The second-order valence-electron chi connectivity index (χ2n) is 11.7. The Balaban J connectivity index is 1.24. The Hall–Kier alpha value is -5.33. The Morgan fingerprint density at radius 3 is 2.42 bits per heavy atom. The molecule has 6 rings (SSSR count). The Morgan fingerprint density at radius 2 is 1.68 bits per heavy atom. The average molecular weight is 714 g/mol. The summed E-state index contributed by atoms with van der Waals surface area (Å²) in [6, 6.07) is 24.7. The number of fused-ring (bicyclic) bond motifs is 2. The van der Waals surface area contributed by atoms with Gasteiger partial charge in [-0.3, -0.25) is 9.78 Å². The summed E-state index contributed by atoms with van der Waals surface area (Å²) in [6.45, 7) is 2.75. The number of aryl methyl sites for hydroxylation is 1. The van der Waals surface area contributed by atoms with E-state index in [4.69, 9.17) is 21.1 Å². The maximum atomic E-state index is 14.0. The van der Waals surface area contributed by atoms with Crippen molar-refractivity contribution >= 4 is 55.8 Å². The second kappa shape index (κ2) is 14.7. The van der Waals surface area contributed by atoms with Crippen molar-refractivity contribution in [2.24, 2.45) is 0 Å². The topological polar surface area (TPSA) is 130 Å². The van der Waals surface area contributed by atoms with Gasteiger partial charge in [-0.25, -0.2) is 17.5 Å². The van der Waals surface area contributed by atoms with E-state index in [-0.39, 0.29) is 35.3 Å². The number of methoxy groups -OCH3 is 2. The van der Waals surface area contributed by atoms with Gasteiger partial charge < -0.3 is 25.0 Å². The molecule has 1 aromatic heterocycles. The van der Waals surface area contributed by atoms with Crippen LogP contribution in [-0.2, 0) is 23.0 Å². The van der Waals surface area contributed by atoms with Crippen LogP contribution in [-0.4, -0.2) is 68.4 Å². The highest BCUT2D eigenvalue weighted by molar-refractivity contribution is 7.89. The lowest BCUT2D eigenvalue weighted by Crippen LogP contribution is -2.42. The number of rotatable bonds is 10. The lowest BCUT2D eigenvalue weighted by Gasteiger charge is -2.29. The standard InChI is InChI=1S/C37H36ClN5O6S/c1-24-20-34(31-22-28(38)9-15-32(31)40-24)39-17-19-43(50(46,47)30-12-10-29(48-2)11-13-30)37(45)41-33-14-8-26(21-35(33)49-3)36(44)42-18-16-25-6-4-5-7-27(25)23-42/h4-15,20-22H,16-19,23H2,1-3H3,(H,39,40)(H,41,45). The van der Waals surface area contributed by atoms with Crippen LogP contribution in [0.3, 0.4) is 0 Å². The molecule has 11 nitrogen and oxygen atoms in total. The number of carbonyl (C=O) groups is 2. The normalized spacial score (nSPS) is 12.6. The number of anilines is 2. The van der Waals surface area contributed by atoms with Crippen LogP contribution >= 0.6 is 11.6 Å². The first-order valence-electron chi connectivity index (χ1n) is 15.9. The van der Waals surface area contributed by atoms with Crippen LogP contribution in [0.5, 0.6) is 11.5 Å². The summed E-state index contributed by atoms with van der Waals surface area (Å²) in [5, 5.41) is 7.23. The predicted molar refractivity (Wildman–Crippen MR) is 194 cm³/mol. The van der Waals surface area contributed by atoms with Crippen LogP contribution in [0.4, 0.5) is 16.2 Å². The molecule has 0 saturated heterocycles. The molecular weight excluding hydrogens is 678 g/mol. The van der Waals surface area contributed by atoms with Gasteiger partial charge in [0.15, 0.2) is 0 Å². The third-order valence-electron chi connectivity index (χ3n) is 8.51. The number of ether oxygens (including phenoxy) is 2. The van der Waals surface area contributed by atoms with Crippen LogP contribution in [0.25, 0.3) is 10.9 Å². The summed E-state index contributed by atoms with van der Waals surface area (Å²) in [5.74, 6) is 0.496. The molecule has 5 aromatic rings. The Labute approximate surface area is 295 Å². The lowest BCUT2D eigenvalue weighted by molar-refractivity contribution is 0.0734. The molecule has 2 heterocycles. The Bertz CT molecular complexity index is 2180. The van der Waals surface area contributed by atoms with Crippen molar-refractivity contribution in [2.45, 2.75) is 24.8 Å². The molecule has 0 fully saturated rings. The first-order chi connectivity index (χ1) is 24.1. The first kappa shape index (κ1) is 34.5. The van der Waals surface area contributed by atoms with Gasteiger partial charge in [0.05, 0.1) is 36.9 Å². The van der Waals surface area contributed by atoms with Crippen molar-refractivity contribution in [3.63, 3.8) is 0 Å². The predicted octanol–water partition coefficient (Wildman–Crippen LogP) is 6.75. The average Bonchev–Trinajstić information content (AvgIpc) is 3.13. The SMILES string of the molecule is COc1ccc(S(=O)(=O)N(CCNc2cc(C)nc3ccc(Cl)cc23)C(=O)Nc2ccc(C(=O)N3CCc4ccccc4C3)cc2OC)cc1. The van der Waals surface area contributed by atoms with Crippen LogP contribution in [0, 0.1) is 6.92 Å². The fraction of sp³-hybridized carbons (Fsp3) is 0.216. The second-order valence-corrected chi connectivity index (χ2v) is 14.0. The summed E-state index contributed by atoms with van der Waals surface area (Å²) < 4.78 is 39.4. The molecule has 2 N–H and O–H groups in total. The smallest absolute Gasteiger partial charge is 0.335 e. The maximum absolute atomic E-state index is 14.0. The third kappa shape index (κ3) is 7.31. The zero-order valence-electron chi connectivity index (χ0n) is 27.8. The molecular formula is C37H36ClN5O6S. The minimum atomic E-state index is -4.35. The van der Waals surface area contributed by atoms with Gasteiger partial charge in [0.1, 0.15) is 11.5 Å². The Morgan fingerprint density at radius 1 is 0.920 bits per heavy atom. The fourth-order valence-corrected chi connectivity index (χ4v) is 7.43. The molecule has 258 valence electrons. The molecule has 3 amide bonds. The molecule has 0 aliphatic carbocycles. The van der Waals surface area contributed by atoms with Crippen molar-refractivity contribution in [1.82, 2.24) is 14.2 Å². The zero-order chi connectivity index (χ0) is 35.4. The van der Waals surface area contributed by atoms with Gasteiger partial charge >= 0.3 is 6.03 Å². The van der Waals surface area contributed by atoms with Crippen molar-refractivity contribution in [2.75, 3.05) is 44.5 Å². The number of carbonyl (C=O) groups excluding carboxylic acids is 2. The number of benzene rings is 4. The van der Waals surface area contributed by atoms with E-state index in [0.29, 0.717) is 35.1 Å². The van der Waals surface area contributed by atoms with Crippen LogP contribution in [0.1, 0.15) is 27.2 Å². The van der Waals surface area contributed by atoms with E-state index < -0.39 is 16.1 Å². The summed E-state index contributed by atoms with van der Waals surface area (Å²) in [6.07, 6.45) is 0.755. The van der Waals surface area contributed by atoms with Gasteiger partial charge in [0.2, 0.25) is 0 Å². The number of hydrogen-bond donors (Lipinski definition) is 2. The van der Waals surface area contributed by atoms with Crippen molar-refractivity contribution in [1.29, 1.82) is 0 Å². The molecule has 0 spiro atoms. The number of sulfonamides is 1. The van der Waals surface area contributed by atoms with Crippen molar-refractivity contribution in [3.05, 3.63) is 118 Å². The number of aromatic nitrogens is 1. The quantitative estimate of drug-likeness (QED) is 0.163. The van der Waals surface area contributed by atoms with E-state index in [1.165, 1.54) is 50.1 Å². The number of nitrogens with one attached hydrogen (secondary N) is 2. The molecule has 13 heteroatoms. The maximum Gasteiger partial charge on any atom is 0.335 e. The van der Waals surface area contributed by atoms with E-state index in [9.17, 15) is 18.0 Å². The van der Waals surface area contributed by atoms with Crippen LogP contribution in [0.2, 0.25) is 5.02 Å². The van der Waals surface area contributed by atoms with E-state index in [0.717, 1.165) is 32.9 Å². The van der Waals surface area contributed by atoms with E-state index >= 15 is 0 Å².